The van der Waals surface area contributed by atoms with Gasteiger partial charge in [-0.3, -0.25) is 14.4 Å². The Morgan fingerprint density at radius 3 is 2.35 bits per heavy atom. The lowest BCUT2D eigenvalue weighted by molar-refractivity contribution is -0.141. The Morgan fingerprint density at radius 2 is 1.65 bits per heavy atom. The molecule has 0 fully saturated rings. The van der Waals surface area contributed by atoms with Crippen molar-refractivity contribution >= 4 is 33.6 Å². The molecule has 0 atom stereocenters. The number of Topliss-reactive ketones (excluding diaryl/α,β-unsaturated/α-hetero) is 1. The molecule has 118 valence electrons. The number of hydrogen-bond acceptors (Lipinski definition) is 4. The Morgan fingerprint density at radius 1 is 0.957 bits per heavy atom. The van der Waals surface area contributed by atoms with Crippen LogP contribution in [0.25, 0.3) is 0 Å². The van der Waals surface area contributed by atoms with E-state index in [1.54, 1.807) is 54.6 Å². The van der Waals surface area contributed by atoms with Gasteiger partial charge in [0.15, 0.2) is 12.4 Å². The largest absolute Gasteiger partial charge is 0.456 e. The van der Waals surface area contributed by atoms with Gasteiger partial charge >= 0.3 is 5.97 Å². The molecular formula is C17H14BrNO4. The van der Waals surface area contributed by atoms with E-state index in [1.165, 1.54) is 0 Å². The first kappa shape index (κ1) is 16.9. The summed E-state index contributed by atoms with van der Waals surface area (Å²) in [4.78, 5) is 35.2. The Hall–Kier alpha value is -2.47. The number of rotatable bonds is 6. The zero-order valence-corrected chi connectivity index (χ0v) is 13.7. The van der Waals surface area contributed by atoms with Crippen LogP contribution in [0.4, 0.5) is 0 Å². The van der Waals surface area contributed by atoms with Crippen LogP contribution < -0.4 is 5.32 Å². The van der Waals surface area contributed by atoms with Crippen molar-refractivity contribution in [2.75, 3.05) is 13.2 Å². The van der Waals surface area contributed by atoms with Gasteiger partial charge in [-0.05, 0) is 24.3 Å². The Bertz CT molecular complexity index is 716. The molecule has 0 heterocycles. The van der Waals surface area contributed by atoms with E-state index < -0.39 is 5.97 Å². The first-order valence-electron chi connectivity index (χ1n) is 6.84. The maximum Gasteiger partial charge on any atom is 0.325 e. The Balaban J connectivity index is 1.77. The van der Waals surface area contributed by atoms with Gasteiger partial charge in [0, 0.05) is 15.6 Å². The van der Waals surface area contributed by atoms with Gasteiger partial charge in [0.05, 0.1) is 0 Å². The molecule has 0 unspecified atom stereocenters. The van der Waals surface area contributed by atoms with Crippen LogP contribution >= 0.6 is 15.9 Å². The summed E-state index contributed by atoms with van der Waals surface area (Å²) in [7, 11) is 0. The molecule has 0 aliphatic heterocycles. The molecule has 2 rings (SSSR count). The molecule has 5 nitrogen and oxygen atoms in total. The average Bonchev–Trinajstić information content (AvgIpc) is 2.58. The van der Waals surface area contributed by atoms with Crippen molar-refractivity contribution in [2.24, 2.45) is 0 Å². The first-order valence-corrected chi connectivity index (χ1v) is 7.63. The molecule has 0 aromatic heterocycles. The van der Waals surface area contributed by atoms with Gasteiger partial charge in [0.2, 0.25) is 0 Å². The molecule has 0 spiro atoms. The van der Waals surface area contributed by atoms with Crippen LogP contribution in [-0.4, -0.2) is 30.8 Å². The molecule has 1 amide bonds. The number of carbonyl (C=O) groups excluding carboxylic acids is 3. The maximum atomic E-state index is 11.9. The van der Waals surface area contributed by atoms with Crippen molar-refractivity contribution in [3.63, 3.8) is 0 Å². The normalized spacial score (nSPS) is 9.96. The third-order valence-electron chi connectivity index (χ3n) is 2.94. The van der Waals surface area contributed by atoms with Crippen LogP contribution in [-0.2, 0) is 9.53 Å². The number of benzene rings is 2. The van der Waals surface area contributed by atoms with Crippen molar-refractivity contribution in [1.29, 1.82) is 0 Å². The summed E-state index contributed by atoms with van der Waals surface area (Å²) >= 11 is 3.27. The summed E-state index contributed by atoms with van der Waals surface area (Å²) in [6.45, 7) is -0.657. The smallest absolute Gasteiger partial charge is 0.325 e. The second-order valence-corrected chi connectivity index (χ2v) is 5.56. The van der Waals surface area contributed by atoms with Gasteiger partial charge in [-0.15, -0.1) is 0 Å². The zero-order chi connectivity index (χ0) is 16.7. The van der Waals surface area contributed by atoms with Gasteiger partial charge in [-0.2, -0.15) is 0 Å². The van der Waals surface area contributed by atoms with Gasteiger partial charge in [-0.1, -0.05) is 46.3 Å². The Labute approximate surface area is 141 Å². The van der Waals surface area contributed by atoms with Crippen LogP contribution in [0.2, 0.25) is 0 Å². The van der Waals surface area contributed by atoms with E-state index in [2.05, 4.69) is 21.2 Å². The number of nitrogens with one attached hydrogen (secondary N) is 1. The SMILES string of the molecule is O=C(CNC(=O)c1ccccc1)OCC(=O)c1cccc(Br)c1. The third-order valence-corrected chi connectivity index (χ3v) is 3.43. The lowest BCUT2D eigenvalue weighted by Crippen LogP contribution is -2.31. The molecule has 0 bridgehead atoms. The van der Waals surface area contributed by atoms with Crippen LogP contribution in [0, 0.1) is 0 Å². The highest BCUT2D eigenvalue weighted by Gasteiger charge is 2.12. The molecule has 0 radical (unpaired) electrons. The number of amides is 1. The summed E-state index contributed by atoms with van der Waals surface area (Å²) in [5, 5.41) is 2.44. The fraction of sp³-hybridized carbons (Fsp3) is 0.118. The summed E-state index contributed by atoms with van der Waals surface area (Å²) in [5.41, 5.74) is 0.894. The average molecular weight is 376 g/mol. The molecule has 2 aromatic rings. The fourth-order valence-corrected chi connectivity index (χ4v) is 2.19. The minimum Gasteiger partial charge on any atom is -0.456 e. The van der Waals surface area contributed by atoms with Crippen LogP contribution in [0.1, 0.15) is 20.7 Å². The first-order chi connectivity index (χ1) is 11.1. The molecular weight excluding hydrogens is 362 g/mol. The molecule has 0 aliphatic rings. The predicted molar refractivity (Wildman–Crippen MR) is 88.2 cm³/mol. The van der Waals surface area contributed by atoms with E-state index in [-0.39, 0.29) is 24.8 Å². The topological polar surface area (TPSA) is 72.5 Å². The number of ketones is 1. The fourth-order valence-electron chi connectivity index (χ4n) is 1.79. The standard InChI is InChI=1S/C17H14BrNO4/c18-14-8-4-7-13(9-14)15(20)11-23-16(21)10-19-17(22)12-5-2-1-3-6-12/h1-9H,10-11H2,(H,19,22). The van der Waals surface area contributed by atoms with E-state index in [1.807, 2.05) is 0 Å². The lowest BCUT2D eigenvalue weighted by atomic mass is 10.1. The summed E-state index contributed by atoms with van der Waals surface area (Å²) in [6.07, 6.45) is 0. The lowest BCUT2D eigenvalue weighted by Gasteiger charge is -2.06. The molecule has 1 N–H and O–H groups in total. The molecule has 0 saturated heterocycles. The van der Waals surface area contributed by atoms with Crippen molar-refractivity contribution in [3.05, 3.63) is 70.2 Å². The van der Waals surface area contributed by atoms with E-state index in [9.17, 15) is 14.4 Å². The van der Waals surface area contributed by atoms with E-state index in [0.29, 0.717) is 11.1 Å². The van der Waals surface area contributed by atoms with Gasteiger partial charge in [0.1, 0.15) is 6.54 Å². The summed E-state index contributed by atoms with van der Waals surface area (Å²) < 4.78 is 5.63. The highest BCUT2D eigenvalue weighted by Crippen LogP contribution is 2.12. The molecule has 0 aliphatic carbocycles. The zero-order valence-electron chi connectivity index (χ0n) is 12.1. The number of carbonyl (C=O) groups is 3. The second kappa shape index (κ2) is 8.24. The van der Waals surface area contributed by atoms with Crippen LogP contribution in [0.5, 0.6) is 0 Å². The van der Waals surface area contributed by atoms with E-state index >= 15 is 0 Å². The van der Waals surface area contributed by atoms with Gasteiger partial charge in [0.25, 0.3) is 5.91 Å². The van der Waals surface area contributed by atoms with Crippen molar-refractivity contribution in [3.8, 4) is 0 Å². The minimum absolute atomic E-state index is 0.292. The van der Waals surface area contributed by atoms with Crippen LogP contribution in [0.3, 0.4) is 0 Å². The van der Waals surface area contributed by atoms with Gasteiger partial charge < -0.3 is 10.1 Å². The predicted octanol–water partition coefficient (Wildman–Crippen LogP) is 2.61. The molecule has 23 heavy (non-hydrogen) atoms. The summed E-state index contributed by atoms with van der Waals surface area (Å²) in [5.74, 6) is -1.35. The van der Waals surface area contributed by atoms with Crippen molar-refractivity contribution in [1.82, 2.24) is 5.32 Å². The highest BCUT2D eigenvalue weighted by molar-refractivity contribution is 9.10. The number of halogens is 1. The molecule has 6 heteroatoms. The second-order valence-electron chi connectivity index (χ2n) is 4.64. The number of esters is 1. The molecule has 0 saturated carbocycles. The minimum atomic E-state index is -0.669. The Kier molecular flexibility index (Phi) is 6.05. The quantitative estimate of drug-likeness (QED) is 0.622. The van der Waals surface area contributed by atoms with Crippen molar-refractivity contribution < 1.29 is 19.1 Å². The van der Waals surface area contributed by atoms with E-state index in [0.717, 1.165) is 4.47 Å². The van der Waals surface area contributed by atoms with E-state index in [4.69, 9.17) is 4.74 Å². The molecule has 2 aromatic carbocycles. The summed E-state index contributed by atoms with van der Waals surface area (Å²) in [6, 6.07) is 15.3. The van der Waals surface area contributed by atoms with Gasteiger partial charge in [-0.25, -0.2) is 0 Å². The van der Waals surface area contributed by atoms with Crippen molar-refractivity contribution in [2.45, 2.75) is 0 Å². The number of ether oxygens (including phenoxy) is 1. The number of hydrogen-bond donors (Lipinski definition) is 1. The van der Waals surface area contributed by atoms with Crippen LogP contribution in [0.15, 0.2) is 59.1 Å². The monoisotopic (exact) mass is 375 g/mol. The third kappa shape index (κ3) is 5.34. The highest BCUT2D eigenvalue weighted by atomic mass is 79.9. The maximum absolute atomic E-state index is 11.9.